The van der Waals surface area contributed by atoms with Crippen molar-refractivity contribution in [2.75, 3.05) is 26.2 Å². The molecule has 0 bridgehead atoms. The Labute approximate surface area is 197 Å². The first-order chi connectivity index (χ1) is 16.8. The lowest BCUT2D eigenvalue weighted by Gasteiger charge is -2.34. The minimum Gasteiger partial charge on any atom is -0.336 e. The van der Waals surface area contributed by atoms with Gasteiger partial charge in [0.15, 0.2) is 5.82 Å². The molecular formula is C28H24N4O2. The summed E-state index contributed by atoms with van der Waals surface area (Å²) in [7, 11) is 0. The highest BCUT2D eigenvalue weighted by Gasteiger charge is 2.24. The first-order valence-electron chi connectivity index (χ1n) is 11.6. The van der Waals surface area contributed by atoms with Crippen LogP contribution in [0.5, 0.6) is 0 Å². The van der Waals surface area contributed by atoms with Crippen LogP contribution in [0.4, 0.5) is 0 Å². The predicted molar refractivity (Wildman–Crippen MR) is 132 cm³/mol. The molecule has 1 aliphatic heterocycles. The Bertz CT molecular complexity index is 1470. The van der Waals surface area contributed by atoms with Crippen LogP contribution in [0.25, 0.3) is 33.0 Å². The van der Waals surface area contributed by atoms with Crippen LogP contribution in [0, 0.1) is 0 Å². The number of hydrogen-bond acceptors (Lipinski definition) is 5. The van der Waals surface area contributed by atoms with Crippen molar-refractivity contribution in [2.24, 2.45) is 0 Å². The van der Waals surface area contributed by atoms with Crippen LogP contribution in [0.1, 0.15) is 16.2 Å². The minimum absolute atomic E-state index is 0.0919. The van der Waals surface area contributed by atoms with Crippen LogP contribution in [0.2, 0.25) is 0 Å². The fraction of sp³-hybridized carbons (Fsp3) is 0.179. The molecule has 168 valence electrons. The molecule has 6 rings (SSSR count). The maximum atomic E-state index is 13.2. The van der Waals surface area contributed by atoms with Crippen molar-refractivity contribution in [1.29, 1.82) is 0 Å². The molecule has 0 atom stereocenters. The fourth-order valence-corrected chi connectivity index (χ4v) is 4.73. The van der Waals surface area contributed by atoms with E-state index in [9.17, 15) is 4.79 Å². The summed E-state index contributed by atoms with van der Waals surface area (Å²) in [6.45, 7) is 3.50. The molecule has 0 spiro atoms. The first-order valence-corrected chi connectivity index (χ1v) is 11.6. The highest BCUT2D eigenvalue weighted by molar-refractivity contribution is 6.07. The van der Waals surface area contributed by atoms with E-state index >= 15 is 0 Å². The van der Waals surface area contributed by atoms with Gasteiger partial charge in [-0.1, -0.05) is 78.0 Å². The van der Waals surface area contributed by atoms with Gasteiger partial charge in [-0.2, -0.15) is 4.98 Å². The largest absolute Gasteiger partial charge is 0.336 e. The molecule has 0 aliphatic carbocycles. The number of rotatable bonds is 4. The molecule has 1 aliphatic rings. The van der Waals surface area contributed by atoms with Crippen LogP contribution in [-0.4, -0.2) is 52.0 Å². The van der Waals surface area contributed by atoms with Gasteiger partial charge in [-0.25, -0.2) is 0 Å². The molecule has 34 heavy (non-hydrogen) atoms. The maximum Gasteiger partial charge on any atom is 0.258 e. The topological polar surface area (TPSA) is 62.5 Å². The summed E-state index contributed by atoms with van der Waals surface area (Å²) in [5, 5.41) is 8.56. The molecule has 1 saturated heterocycles. The third-order valence-corrected chi connectivity index (χ3v) is 6.53. The molecule has 1 amide bonds. The Balaban J connectivity index is 1.13. The highest BCUT2D eigenvalue weighted by atomic mass is 16.5. The molecule has 6 heteroatoms. The first kappa shape index (κ1) is 20.6. The van der Waals surface area contributed by atoms with Crippen molar-refractivity contribution in [3.8, 4) is 11.5 Å². The zero-order chi connectivity index (χ0) is 22.9. The normalized spacial score (nSPS) is 14.6. The van der Waals surface area contributed by atoms with E-state index in [4.69, 9.17) is 4.52 Å². The Hall–Kier alpha value is -4.03. The molecule has 2 heterocycles. The summed E-state index contributed by atoms with van der Waals surface area (Å²) in [5.41, 5.74) is 1.71. The minimum atomic E-state index is 0.0919. The number of benzene rings is 4. The van der Waals surface area contributed by atoms with Crippen molar-refractivity contribution < 1.29 is 9.32 Å². The van der Waals surface area contributed by atoms with Crippen molar-refractivity contribution in [3.05, 3.63) is 96.3 Å². The summed E-state index contributed by atoms with van der Waals surface area (Å²) < 4.78 is 5.61. The van der Waals surface area contributed by atoms with Gasteiger partial charge >= 0.3 is 0 Å². The van der Waals surface area contributed by atoms with Gasteiger partial charge in [-0.05, 0) is 33.7 Å². The van der Waals surface area contributed by atoms with Gasteiger partial charge in [0.05, 0.1) is 6.54 Å². The maximum absolute atomic E-state index is 13.2. The predicted octanol–water partition coefficient (Wildman–Crippen LogP) is 5.00. The Morgan fingerprint density at radius 1 is 0.765 bits per heavy atom. The molecule has 0 unspecified atom stereocenters. The monoisotopic (exact) mass is 448 g/mol. The summed E-state index contributed by atoms with van der Waals surface area (Å²) in [5.74, 6) is 1.29. The van der Waals surface area contributed by atoms with Crippen LogP contribution in [-0.2, 0) is 6.54 Å². The smallest absolute Gasteiger partial charge is 0.258 e. The quantitative estimate of drug-likeness (QED) is 0.387. The molecule has 0 N–H and O–H groups in total. The molecule has 5 aromatic rings. The van der Waals surface area contributed by atoms with Crippen LogP contribution < -0.4 is 0 Å². The molecule has 0 radical (unpaired) electrons. The van der Waals surface area contributed by atoms with E-state index in [1.807, 2.05) is 71.6 Å². The van der Waals surface area contributed by atoms with E-state index in [0.29, 0.717) is 31.3 Å². The van der Waals surface area contributed by atoms with E-state index in [1.54, 1.807) is 0 Å². The molecular weight excluding hydrogens is 424 g/mol. The summed E-state index contributed by atoms with van der Waals surface area (Å²) >= 11 is 0. The zero-order valence-electron chi connectivity index (χ0n) is 18.7. The number of fused-ring (bicyclic) bond motifs is 2. The van der Waals surface area contributed by atoms with Gasteiger partial charge < -0.3 is 9.42 Å². The highest BCUT2D eigenvalue weighted by Crippen LogP contribution is 2.27. The molecule has 1 fully saturated rings. The Kier molecular flexibility index (Phi) is 5.28. The lowest BCUT2D eigenvalue weighted by Crippen LogP contribution is -2.48. The fourth-order valence-electron chi connectivity index (χ4n) is 4.73. The molecule has 0 saturated carbocycles. The van der Waals surface area contributed by atoms with Crippen molar-refractivity contribution in [3.63, 3.8) is 0 Å². The average Bonchev–Trinajstić information content (AvgIpc) is 3.36. The van der Waals surface area contributed by atoms with Crippen molar-refractivity contribution >= 4 is 27.5 Å². The third-order valence-electron chi connectivity index (χ3n) is 6.53. The number of nitrogens with zero attached hydrogens (tertiary/aromatic N) is 4. The SMILES string of the molecule is O=C(c1cccc2ccccc12)N1CCN(Cc2noc(-c3cccc4ccccc34)n2)CC1. The Morgan fingerprint density at radius 3 is 2.21 bits per heavy atom. The third kappa shape index (κ3) is 3.82. The lowest BCUT2D eigenvalue weighted by molar-refractivity contribution is 0.0626. The van der Waals surface area contributed by atoms with Gasteiger partial charge in [0.2, 0.25) is 0 Å². The average molecular weight is 449 g/mol. The number of hydrogen-bond donors (Lipinski definition) is 0. The van der Waals surface area contributed by atoms with E-state index in [2.05, 4.69) is 33.2 Å². The number of carbonyl (C=O) groups excluding carboxylic acids is 1. The molecule has 6 nitrogen and oxygen atoms in total. The van der Waals surface area contributed by atoms with E-state index in [1.165, 1.54) is 0 Å². The summed E-state index contributed by atoms with van der Waals surface area (Å²) in [4.78, 5) is 22.1. The van der Waals surface area contributed by atoms with Gasteiger partial charge in [0.25, 0.3) is 11.8 Å². The van der Waals surface area contributed by atoms with E-state index in [0.717, 1.165) is 45.8 Å². The van der Waals surface area contributed by atoms with Gasteiger partial charge in [0, 0.05) is 37.3 Å². The van der Waals surface area contributed by atoms with Gasteiger partial charge in [-0.15, -0.1) is 0 Å². The van der Waals surface area contributed by atoms with Crippen LogP contribution in [0.3, 0.4) is 0 Å². The number of amides is 1. The standard InChI is InChI=1S/C28H24N4O2/c33-28(25-14-6-10-21-8-2-4-12-23(21)25)32-17-15-31(16-18-32)19-26-29-27(34-30-26)24-13-5-9-20-7-1-3-11-22(20)24/h1-14H,15-19H2. The van der Waals surface area contributed by atoms with Crippen molar-refractivity contribution in [2.45, 2.75) is 6.54 Å². The van der Waals surface area contributed by atoms with E-state index in [-0.39, 0.29) is 5.91 Å². The number of aromatic nitrogens is 2. The summed E-state index contributed by atoms with van der Waals surface area (Å²) in [6, 6.07) is 28.2. The second-order valence-corrected chi connectivity index (χ2v) is 8.64. The summed E-state index contributed by atoms with van der Waals surface area (Å²) in [6.07, 6.45) is 0. The van der Waals surface area contributed by atoms with Gasteiger partial charge in [0.1, 0.15) is 0 Å². The van der Waals surface area contributed by atoms with Crippen molar-refractivity contribution in [1.82, 2.24) is 19.9 Å². The molecule has 1 aromatic heterocycles. The second-order valence-electron chi connectivity index (χ2n) is 8.64. The van der Waals surface area contributed by atoms with Crippen LogP contribution in [0.15, 0.2) is 89.5 Å². The number of carbonyl (C=O) groups is 1. The zero-order valence-corrected chi connectivity index (χ0v) is 18.7. The molecule has 4 aromatic carbocycles. The van der Waals surface area contributed by atoms with E-state index < -0.39 is 0 Å². The lowest BCUT2D eigenvalue weighted by atomic mass is 10.0. The number of piperazine rings is 1. The Morgan fingerprint density at radius 2 is 1.41 bits per heavy atom. The van der Waals surface area contributed by atoms with Crippen LogP contribution >= 0.6 is 0 Å². The second kappa shape index (κ2) is 8.72. The van der Waals surface area contributed by atoms with Gasteiger partial charge in [-0.3, -0.25) is 9.69 Å².